The summed E-state index contributed by atoms with van der Waals surface area (Å²) in [6, 6.07) is 1.96. The summed E-state index contributed by atoms with van der Waals surface area (Å²) in [5.74, 6) is 0.102. The lowest BCUT2D eigenvalue weighted by Gasteiger charge is -2.38. The third kappa shape index (κ3) is 5.08. The van der Waals surface area contributed by atoms with Gasteiger partial charge in [-0.3, -0.25) is 14.6 Å². The fourth-order valence-corrected chi connectivity index (χ4v) is 2.40. The van der Waals surface area contributed by atoms with E-state index in [1.165, 1.54) is 0 Å². The van der Waals surface area contributed by atoms with Crippen molar-refractivity contribution in [1.82, 2.24) is 14.7 Å². The third-order valence-electron chi connectivity index (χ3n) is 3.86. The average molecular weight is 282 g/mol. The smallest absolute Gasteiger partial charge is 0.239 e. The quantitative estimate of drug-likeness (QED) is 0.658. The predicted molar refractivity (Wildman–Crippen MR) is 77.2 cm³/mol. The van der Waals surface area contributed by atoms with Gasteiger partial charge in [-0.2, -0.15) is 5.26 Å². The van der Waals surface area contributed by atoms with Crippen LogP contribution in [-0.2, 0) is 9.53 Å². The van der Waals surface area contributed by atoms with Crippen molar-refractivity contribution in [2.45, 2.75) is 19.4 Å². The monoisotopic (exact) mass is 282 g/mol. The first-order valence-corrected chi connectivity index (χ1v) is 7.17. The van der Waals surface area contributed by atoms with Gasteiger partial charge in [0.2, 0.25) is 5.91 Å². The maximum Gasteiger partial charge on any atom is 0.239 e. The molecule has 6 nitrogen and oxygen atoms in total. The number of hydrogen-bond donors (Lipinski definition) is 0. The Labute approximate surface area is 121 Å². The van der Waals surface area contributed by atoms with Crippen LogP contribution in [0.2, 0.25) is 0 Å². The molecule has 20 heavy (non-hydrogen) atoms. The number of nitriles is 1. The highest BCUT2D eigenvalue weighted by atomic mass is 16.5. The molecular formula is C14H26N4O2. The second-order valence-electron chi connectivity index (χ2n) is 5.21. The number of rotatable bonds is 7. The molecule has 0 aromatic carbocycles. The van der Waals surface area contributed by atoms with Gasteiger partial charge in [0.1, 0.15) is 0 Å². The van der Waals surface area contributed by atoms with E-state index in [9.17, 15) is 4.79 Å². The van der Waals surface area contributed by atoms with Crippen LogP contribution >= 0.6 is 0 Å². The molecule has 1 aliphatic rings. The van der Waals surface area contributed by atoms with Crippen LogP contribution in [0.5, 0.6) is 0 Å². The molecule has 1 unspecified atom stereocenters. The number of hydrogen-bond acceptors (Lipinski definition) is 5. The molecule has 1 amide bonds. The topological polar surface area (TPSA) is 59.8 Å². The highest BCUT2D eigenvalue weighted by Crippen LogP contribution is 2.08. The maximum atomic E-state index is 12.2. The molecule has 1 rings (SSSR count). The number of carbonyl (C=O) groups excluding carboxylic acids is 1. The molecule has 0 aromatic heterocycles. The second kappa shape index (κ2) is 8.90. The minimum absolute atomic E-state index is 0.102. The van der Waals surface area contributed by atoms with Gasteiger partial charge in [-0.15, -0.1) is 0 Å². The SMILES string of the molecule is COCCN1CCN(C(C)C(=O)N(C)CCC#N)CC1. The van der Waals surface area contributed by atoms with Crippen molar-refractivity contribution in [3.8, 4) is 6.07 Å². The van der Waals surface area contributed by atoms with E-state index < -0.39 is 0 Å². The van der Waals surface area contributed by atoms with Crippen LogP contribution < -0.4 is 0 Å². The summed E-state index contributed by atoms with van der Waals surface area (Å²) in [6.07, 6.45) is 0.389. The molecule has 1 heterocycles. The first-order valence-electron chi connectivity index (χ1n) is 7.17. The molecule has 0 N–H and O–H groups in total. The number of nitrogens with zero attached hydrogens (tertiary/aromatic N) is 4. The van der Waals surface area contributed by atoms with Gasteiger partial charge in [0.15, 0.2) is 0 Å². The molecule has 0 aromatic rings. The molecule has 0 bridgehead atoms. The van der Waals surface area contributed by atoms with Gasteiger partial charge < -0.3 is 9.64 Å². The third-order valence-corrected chi connectivity index (χ3v) is 3.86. The minimum atomic E-state index is -0.108. The highest BCUT2D eigenvalue weighted by molar-refractivity contribution is 5.81. The number of carbonyl (C=O) groups is 1. The van der Waals surface area contributed by atoms with E-state index in [-0.39, 0.29) is 11.9 Å². The summed E-state index contributed by atoms with van der Waals surface area (Å²) >= 11 is 0. The standard InChI is InChI=1S/C14H26N4O2/c1-13(14(19)16(2)6-4-5-15)18-9-7-17(8-10-18)11-12-20-3/h13H,4,6-12H2,1-3H3. The van der Waals surface area contributed by atoms with Crippen molar-refractivity contribution in [3.05, 3.63) is 0 Å². The molecule has 0 radical (unpaired) electrons. The maximum absolute atomic E-state index is 12.2. The molecule has 6 heteroatoms. The molecule has 0 aliphatic carbocycles. The van der Waals surface area contributed by atoms with Crippen LogP contribution in [0.3, 0.4) is 0 Å². The Morgan fingerprint density at radius 2 is 2.05 bits per heavy atom. The first kappa shape index (κ1) is 16.9. The van der Waals surface area contributed by atoms with E-state index in [1.807, 2.05) is 6.92 Å². The minimum Gasteiger partial charge on any atom is -0.383 e. The molecular weight excluding hydrogens is 256 g/mol. The van der Waals surface area contributed by atoms with Crippen molar-refractivity contribution in [3.63, 3.8) is 0 Å². The number of methoxy groups -OCH3 is 1. The Balaban J connectivity index is 2.36. The highest BCUT2D eigenvalue weighted by Gasteiger charge is 2.27. The Bertz CT molecular complexity index is 335. The first-order chi connectivity index (χ1) is 9.60. The largest absolute Gasteiger partial charge is 0.383 e. The van der Waals surface area contributed by atoms with Crippen LogP contribution in [0, 0.1) is 11.3 Å². The normalized spacial score (nSPS) is 18.5. The lowest BCUT2D eigenvalue weighted by atomic mass is 10.2. The van der Waals surface area contributed by atoms with Crippen molar-refractivity contribution in [1.29, 1.82) is 5.26 Å². The van der Waals surface area contributed by atoms with Gasteiger partial charge in [0, 0.05) is 53.4 Å². The van der Waals surface area contributed by atoms with Crippen LogP contribution in [0.25, 0.3) is 0 Å². The second-order valence-corrected chi connectivity index (χ2v) is 5.21. The van der Waals surface area contributed by atoms with Crippen molar-refractivity contribution < 1.29 is 9.53 Å². The molecule has 114 valence electrons. The zero-order valence-corrected chi connectivity index (χ0v) is 12.8. The van der Waals surface area contributed by atoms with Gasteiger partial charge in [-0.25, -0.2) is 0 Å². The number of piperazine rings is 1. The van der Waals surface area contributed by atoms with Crippen LogP contribution in [0.15, 0.2) is 0 Å². The Hall–Kier alpha value is -1.16. The van der Waals surface area contributed by atoms with Gasteiger partial charge >= 0.3 is 0 Å². The fourth-order valence-electron chi connectivity index (χ4n) is 2.40. The number of likely N-dealkylation sites (N-methyl/N-ethyl adjacent to an activating group) is 1. The summed E-state index contributed by atoms with van der Waals surface area (Å²) in [4.78, 5) is 18.5. The van der Waals surface area contributed by atoms with Crippen molar-refractivity contribution in [2.24, 2.45) is 0 Å². The van der Waals surface area contributed by atoms with E-state index in [1.54, 1.807) is 19.1 Å². The number of amides is 1. The van der Waals surface area contributed by atoms with Crippen LogP contribution in [-0.4, -0.2) is 86.7 Å². The van der Waals surface area contributed by atoms with E-state index in [4.69, 9.17) is 10.00 Å². The van der Waals surface area contributed by atoms with Gasteiger partial charge in [-0.1, -0.05) is 0 Å². The number of ether oxygens (including phenoxy) is 1. The molecule has 1 aliphatic heterocycles. The molecule has 1 saturated heterocycles. The summed E-state index contributed by atoms with van der Waals surface area (Å²) in [5.41, 5.74) is 0. The Morgan fingerprint density at radius 1 is 1.40 bits per heavy atom. The molecule has 1 fully saturated rings. The zero-order chi connectivity index (χ0) is 15.0. The van der Waals surface area contributed by atoms with Crippen molar-refractivity contribution >= 4 is 5.91 Å². The zero-order valence-electron chi connectivity index (χ0n) is 12.8. The summed E-state index contributed by atoms with van der Waals surface area (Å²) < 4.78 is 5.08. The van der Waals surface area contributed by atoms with Gasteiger partial charge in [0.05, 0.1) is 25.1 Å². The van der Waals surface area contributed by atoms with Gasteiger partial charge in [-0.05, 0) is 6.92 Å². The Kier molecular flexibility index (Phi) is 7.52. The molecule has 0 spiro atoms. The van der Waals surface area contributed by atoms with E-state index in [0.717, 1.165) is 39.3 Å². The molecule has 0 saturated carbocycles. The average Bonchev–Trinajstić information content (AvgIpc) is 2.49. The van der Waals surface area contributed by atoms with Crippen LogP contribution in [0.1, 0.15) is 13.3 Å². The summed E-state index contributed by atoms with van der Waals surface area (Å²) in [6.45, 7) is 7.93. The molecule has 1 atom stereocenters. The van der Waals surface area contributed by atoms with Gasteiger partial charge in [0.25, 0.3) is 0 Å². The fraction of sp³-hybridized carbons (Fsp3) is 0.857. The Morgan fingerprint density at radius 3 is 2.60 bits per heavy atom. The van der Waals surface area contributed by atoms with E-state index in [2.05, 4.69) is 15.9 Å². The summed E-state index contributed by atoms with van der Waals surface area (Å²) in [7, 11) is 3.49. The van der Waals surface area contributed by atoms with Crippen LogP contribution in [0.4, 0.5) is 0 Å². The summed E-state index contributed by atoms with van der Waals surface area (Å²) in [5, 5.41) is 8.57. The lowest BCUT2D eigenvalue weighted by molar-refractivity contribution is -0.135. The van der Waals surface area contributed by atoms with E-state index >= 15 is 0 Å². The van der Waals surface area contributed by atoms with Crippen molar-refractivity contribution in [2.75, 3.05) is 60.0 Å². The predicted octanol–water partition coefficient (Wildman–Crippen LogP) is 0.0110. The lowest BCUT2D eigenvalue weighted by Crippen LogP contribution is -2.54. The van der Waals surface area contributed by atoms with E-state index in [0.29, 0.717) is 13.0 Å².